The van der Waals surface area contributed by atoms with Gasteiger partial charge in [-0.2, -0.15) is 0 Å². The Morgan fingerprint density at radius 1 is 1.33 bits per heavy atom. The third-order valence-electron chi connectivity index (χ3n) is 5.31. The Morgan fingerprint density at radius 3 is 3.08 bits per heavy atom. The standard InChI is InChI=1S/C19H25N3O2/c1-21(12-16-5-2-3-8-20-16)17-11-19(24-14-17)7-9-22(15-19)13-18-6-4-10-23-18/h2-6,8,10,17H,7,9,11-15H2,1H3. The summed E-state index contributed by atoms with van der Waals surface area (Å²) in [6.07, 6.45) is 5.82. The van der Waals surface area contributed by atoms with Gasteiger partial charge < -0.3 is 9.15 Å². The zero-order valence-corrected chi connectivity index (χ0v) is 14.2. The molecule has 2 saturated heterocycles. The number of ether oxygens (including phenoxy) is 1. The van der Waals surface area contributed by atoms with Crippen LogP contribution in [-0.2, 0) is 17.8 Å². The third kappa shape index (κ3) is 3.38. The van der Waals surface area contributed by atoms with Gasteiger partial charge in [-0.3, -0.25) is 14.8 Å². The lowest BCUT2D eigenvalue weighted by Crippen LogP contribution is -2.36. The van der Waals surface area contributed by atoms with Gasteiger partial charge in [-0.05, 0) is 44.2 Å². The van der Waals surface area contributed by atoms with Gasteiger partial charge in [0.05, 0.1) is 30.7 Å². The maximum Gasteiger partial charge on any atom is 0.117 e. The monoisotopic (exact) mass is 327 g/mol. The molecule has 2 unspecified atom stereocenters. The topological polar surface area (TPSA) is 41.7 Å². The van der Waals surface area contributed by atoms with Crippen molar-refractivity contribution in [2.75, 3.05) is 26.7 Å². The molecule has 128 valence electrons. The summed E-state index contributed by atoms with van der Waals surface area (Å²) in [6, 6.07) is 10.6. The fourth-order valence-electron chi connectivity index (χ4n) is 3.95. The van der Waals surface area contributed by atoms with Crippen LogP contribution in [-0.4, -0.2) is 53.2 Å². The molecule has 2 fully saturated rings. The molecule has 0 aromatic carbocycles. The van der Waals surface area contributed by atoms with E-state index in [0.29, 0.717) is 6.04 Å². The molecule has 1 spiro atoms. The van der Waals surface area contributed by atoms with Crippen LogP contribution in [0.4, 0.5) is 0 Å². The van der Waals surface area contributed by atoms with E-state index in [9.17, 15) is 0 Å². The first-order valence-corrected chi connectivity index (χ1v) is 8.71. The summed E-state index contributed by atoms with van der Waals surface area (Å²) in [4.78, 5) is 9.26. The number of likely N-dealkylation sites (tertiary alicyclic amines) is 1. The van der Waals surface area contributed by atoms with E-state index in [4.69, 9.17) is 9.15 Å². The molecule has 0 radical (unpaired) electrons. The quantitative estimate of drug-likeness (QED) is 0.844. The van der Waals surface area contributed by atoms with Gasteiger partial charge in [0.15, 0.2) is 0 Å². The van der Waals surface area contributed by atoms with Crippen LogP contribution in [0.1, 0.15) is 24.3 Å². The van der Waals surface area contributed by atoms with Gasteiger partial charge in [0.25, 0.3) is 0 Å². The molecule has 0 N–H and O–H groups in total. The van der Waals surface area contributed by atoms with Gasteiger partial charge in [0.1, 0.15) is 5.76 Å². The summed E-state index contributed by atoms with van der Waals surface area (Å²) < 4.78 is 11.8. The zero-order valence-electron chi connectivity index (χ0n) is 14.2. The Labute approximate surface area is 143 Å². The summed E-state index contributed by atoms with van der Waals surface area (Å²) in [5, 5.41) is 0. The first-order chi connectivity index (χ1) is 11.7. The molecule has 4 heterocycles. The third-order valence-corrected chi connectivity index (χ3v) is 5.31. The van der Waals surface area contributed by atoms with Crippen LogP contribution in [0.5, 0.6) is 0 Å². The average Bonchev–Trinajstić information content (AvgIpc) is 3.32. The zero-order chi connectivity index (χ0) is 16.4. The largest absolute Gasteiger partial charge is 0.468 e. The molecule has 0 bridgehead atoms. The van der Waals surface area contributed by atoms with Crippen molar-refractivity contribution in [2.24, 2.45) is 0 Å². The molecule has 2 aromatic rings. The van der Waals surface area contributed by atoms with Crippen LogP contribution < -0.4 is 0 Å². The van der Waals surface area contributed by atoms with Gasteiger partial charge >= 0.3 is 0 Å². The first kappa shape index (κ1) is 15.8. The van der Waals surface area contributed by atoms with Crippen molar-refractivity contribution >= 4 is 0 Å². The number of nitrogens with zero attached hydrogens (tertiary/aromatic N) is 3. The minimum absolute atomic E-state index is 0.0234. The highest BCUT2D eigenvalue weighted by molar-refractivity contribution is 5.06. The van der Waals surface area contributed by atoms with Crippen molar-refractivity contribution in [1.29, 1.82) is 0 Å². The summed E-state index contributed by atoms with van der Waals surface area (Å²) in [5.41, 5.74) is 1.14. The van der Waals surface area contributed by atoms with Gasteiger partial charge in [-0.15, -0.1) is 0 Å². The summed E-state index contributed by atoms with van der Waals surface area (Å²) in [7, 11) is 2.18. The Morgan fingerprint density at radius 2 is 2.29 bits per heavy atom. The SMILES string of the molecule is CN(Cc1ccccn1)C1COC2(CCN(Cc3ccco3)C2)C1. The second-order valence-electron chi connectivity index (χ2n) is 7.13. The van der Waals surface area contributed by atoms with E-state index in [1.165, 1.54) is 0 Å². The van der Waals surface area contributed by atoms with E-state index < -0.39 is 0 Å². The van der Waals surface area contributed by atoms with Crippen molar-refractivity contribution in [2.45, 2.75) is 37.6 Å². The fraction of sp³-hybridized carbons (Fsp3) is 0.526. The molecule has 5 heteroatoms. The van der Waals surface area contributed by atoms with E-state index in [2.05, 4.69) is 27.9 Å². The lowest BCUT2D eigenvalue weighted by Gasteiger charge is -2.25. The summed E-state index contributed by atoms with van der Waals surface area (Å²) in [5.74, 6) is 1.04. The second-order valence-corrected chi connectivity index (χ2v) is 7.13. The number of furan rings is 1. The number of aromatic nitrogens is 1. The van der Waals surface area contributed by atoms with Crippen LogP contribution in [0, 0.1) is 0 Å². The van der Waals surface area contributed by atoms with Crippen molar-refractivity contribution in [3.63, 3.8) is 0 Å². The fourth-order valence-corrected chi connectivity index (χ4v) is 3.95. The van der Waals surface area contributed by atoms with Crippen LogP contribution in [0.25, 0.3) is 0 Å². The number of likely N-dealkylation sites (N-methyl/N-ethyl adjacent to an activating group) is 1. The lowest BCUT2D eigenvalue weighted by molar-refractivity contribution is 0.00979. The normalized spacial score (nSPS) is 27.5. The highest BCUT2D eigenvalue weighted by Crippen LogP contribution is 2.37. The van der Waals surface area contributed by atoms with Gasteiger partial charge in [0, 0.05) is 31.9 Å². The summed E-state index contributed by atoms with van der Waals surface area (Å²) >= 11 is 0. The lowest BCUT2D eigenvalue weighted by atomic mass is 9.96. The average molecular weight is 327 g/mol. The number of pyridine rings is 1. The van der Waals surface area contributed by atoms with Crippen molar-refractivity contribution < 1.29 is 9.15 Å². The van der Waals surface area contributed by atoms with E-state index >= 15 is 0 Å². The molecule has 2 aliphatic rings. The van der Waals surface area contributed by atoms with E-state index in [-0.39, 0.29) is 5.60 Å². The maximum atomic E-state index is 6.29. The smallest absolute Gasteiger partial charge is 0.117 e. The molecule has 2 aromatic heterocycles. The van der Waals surface area contributed by atoms with Gasteiger partial charge in [-0.25, -0.2) is 0 Å². The van der Waals surface area contributed by atoms with Crippen molar-refractivity contribution in [1.82, 2.24) is 14.8 Å². The number of hydrogen-bond acceptors (Lipinski definition) is 5. The first-order valence-electron chi connectivity index (χ1n) is 8.71. The van der Waals surface area contributed by atoms with Crippen LogP contribution in [0.2, 0.25) is 0 Å². The molecule has 2 atom stereocenters. The molecular weight excluding hydrogens is 302 g/mol. The van der Waals surface area contributed by atoms with E-state index in [1.54, 1.807) is 6.26 Å². The minimum Gasteiger partial charge on any atom is -0.468 e. The number of rotatable bonds is 5. The highest BCUT2D eigenvalue weighted by atomic mass is 16.5. The Kier molecular flexibility index (Phi) is 4.39. The Hall–Kier alpha value is -1.69. The molecule has 4 rings (SSSR count). The van der Waals surface area contributed by atoms with Gasteiger partial charge in [0.2, 0.25) is 0 Å². The summed E-state index contributed by atoms with van der Waals surface area (Å²) in [6.45, 7) is 4.66. The number of hydrogen-bond donors (Lipinski definition) is 0. The molecule has 0 saturated carbocycles. The highest BCUT2D eigenvalue weighted by Gasteiger charge is 2.46. The maximum absolute atomic E-state index is 6.29. The van der Waals surface area contributed by atoms with Crippen molar-refractivity contribution in [3.8, 4) is 0 Å². The van der Waals surface area contributed by atoms with Crippen LogP contribution in [0.3, 0.4) is 0 Å². The molecule has 2 aliphatic heterocycles. The molecule has 24 heavy (non-hydrogen) atoms. The van der Waals surface area contributed by atoms with Crippen molar-refractivity contribution in [3.05, 3.63) is 54.2 Å². The molecular formula is C19H25N3O2. The second kappa shape index (κ2) is 6.67. The minimum atomic E-state index is 0.0234. The predicted molar refractivity (Wildman–Crippen MR) is 91.4 cm³/mol. The van der Waals surface area contributed by atoms with E-state index in [1.807, 2.05) is 30.5 Å². The molecule has 0 amide bonds. The Bertz CT molecular complexity index is 646. The molecule has 5 nitrogen and oxygen atoms in total. The van der Waals surface area contributed by atoms with E-state index in [0.717, 1.165) is 57.1 Å². The van der Waals surface area contributed by atoms with Gasteiger partial charge in [-0.1, -0.05) is 6.07 Å². The van der Waals surface area contributed by atoms with Crippen LogP contribution in [0.15, 0.2) is 47.2 Å². The predicted octanol–water partition coefficient (Wildman–Crippen LogP) is 2.54. The van der Waals surface area contributed by atoms with Crippen LogP contribution >= 0.6 is 0 Å². The molecule has 0 aliphatic carbocycles. The Balaban J connectivity index is 1.32.